The van der Waals surface area contributed by atoms with E-state index in [0.29, 0.717) is 32.5 Å². The predicted octanol–water partition coefficient (Wildman–Crippen LogP) is 2.54. The molecule has 3 heterocycles. The fourth-order valence-electron chi connectivity index (χ4n) is 3.96. The third-order valence-corrected chi connectivity index (χ3v) is 5.74. The van der Waals surface area contributed by atoms with Crippen LogP contribution in [0.2, 0.25) is 0 Å². The summed E-state index contributed by atoms with van der Waals surface area (Å²) in [6, 6.07) is -0.124. The Bertz CT molecular complexity index is 1100. The number of H-pyrrole nitrogens is 1. The number of hydrogen-bond donors (Lipinski definition) is 2. The summed E-state index contributed by atoms with van der Waals surface area (Å²) in [5.74, 6) is -0.124. The van der Waals surface area contributed by atoms with Crippen molar-refractivity contribution in [1.82, 2.24) is 25.1 Å². The Labute approximate surface area is 207 Å². The summed E-state index contributed by atoms with van der Waals surface area (Å²) >= 11 is 0. The zero-order valence-corrected chi connectivity index (χ0v) is 19.7. The highest BCUT2D eigenvalue weighted by molar-refractivity contribution is 5.77. The zero-order valence-electron chi connectivity index (χ0n) is 19.7. The Morgan fingerprint density at radius 2 is 1.78 bits per heavy atom. The van der Waals surface area contributed by atoms with Crippen molar-refractivity contribution < 1.29 is 35.9 Å². The van der Waals surface area contributed by atoms with Gasteiger partial charge in [0.25, 0.3) is 5.56 Å². The van der Waals surface area contributed by atoms with Crippen LogP contribution in [-0.4, -0.2) is 76.4 Å². The van der Waals surface area contributed by atoms with Gasteiger partial charge < -0.3 is 19.9 Å². The Morgan fingerprint density at radius 1 is 1.14 bits per heavy atom. The smallest absolute Gasteiger partial charge is 0.381 e. The molecule has 0 aromatic carbocycles. The number of piperidine rings is 1. The van der Waals surface area contributed by atoms with E-state index in [0.717, 1.165) is 18.6 Å². The molecular weight excluding hydrogens is 512 g/mol. The van der Waals surface area contributed by atoms with Gasteiger partial charge in [0.2, 0.25) is 11.9 Å². The Morgan fingerprint density at radius 3 is 2.35 bits per heavy atom. The molecule has 0 saturated carbocycles. The second-order valence-corrected chi connectivity index (χ2v) is 8.13. The summed E-state index contributed by atoms with van der Waals surface area (Å²) in [7, 11) is 0. The van der Waals surface area contributed by atoms with Gasteiger partial charge in [-0.1, -0.05) is 0 Å². The molecule has 1 saturated heterocycles. The highest BCUT2D eigenvalue weighted by Gasteiger charge is 2.37. The number of carbonyl (C=O) groups excluding carboxylic acids is 1. The molecule has 0 spiro atoms. The summed E-state index contributed by atoms with van der Waals surface area (Å²) in [6.07, 6.45) is -5.99. The summed E-state index contributed by atoms with van der Waals surface area (Å²) in [5, 5.41) is 7.53. The first-order chi connectivity index (χ1) is 17.4. The molecule has 2 aromatic heterocycles. The average molecular weight is 537 g/mol. The molecule has 16 heteroatoms. The van der Waals surface area contributed by atoms with Crippen LogP contribution in [0.3, 0.4) is 0 Å². The van der Waals surface area contributed by atoms with E-state index in [1.54, 1.807) is 21.8 Å². The molecule has 37 heavy (non-hydrogen) atoms. The van der Waals surface area contributed by atoms with E-state index in [1.165, 1.54) is 0 Å². The molecule has 0 atom stereocenters. The topological polar surface area (TPSA) is 116 Å². The summed E-state index contributed by atoms with van der Waals surface area (Å²) in [4.78, 5) is 35.1. The van der Waals surface area contributed by atoms with E-state index in [4.69, 9.17) is 4.74 Å². The maximum Gasteiger partial charge on any atom is 0.423 e. The predicted molar refractivity (Wildman–Crippen MR) is 119 cm³/mol. The Hall–Kier alpha value is -3.43. The fraction of sp³-hybridized carbons (Fsp3) is 0.571. The van der Waals surface area contributed by atoms with Crippen LogP contribution in [0, 0.1) is 0 Å². The number of hydrogen-bond acceptors (Lipinski definition) is 8. The van der Waals surface area contributed by atoms with E-state index in [1.807, 2.05) is 0 Å². The normalized spacial score (nSPS) is 15.1. The fourth-order valence-corrected chi connectivity index (χ4v) is 3.96. The minimum Gasteiger partial charge on any atom is -0.381 e. The summed E-state index contributed by atoms with van der Waals surface area (Å²) < 4.78 is 82.6. The average Bonchev–Trinajstić information content (AvgIpc) is 2.83. The van der Waals surface area contributed by atoms with Gasteiger partial charge in [0.15, 0.2) is 0 Å². The second kappa shape index (κ2) is 11.7. The molecule has 3 rings (SSSR count). The van der Waals surface area contributed by atoms with Crippen LogP contribution in [0.5, 0.6) is 0 Å². The second-order valence-electron chi connectivity index (χ2n) is 8.13. The van der Waals surface area contributed by atoms with Gasteiger partial charge in [0.1, 0.15) is 12.2 Å². The third-order valence-electron chi connectivity index (χ3n) is 5.74. The van der Waals surface area contributed by atoms with Crippen LogP contribution in [0.25, 0.3) is 0 Å². The highest BCUT2D eigenvalue weighted by Crippen LogP contribution is 2.31. The maximum absolute atomic E-state index is 13.1. The van der Waals surface area contributed by atoms with Gasteiger partial charge in [-0.3, -0.25) is 9.59 Å². The van der Waals surface area contributed by atoms with Gasteiger partial charge >= 0.3 is 12.4 Å². The molecule has 1 amide bonds. The number of aromatic amines is 1. The zero-order chi connectivity index (χ0) is 27.2. The molecular formula is C21H25F6N7O3. The maximum atomic E-state index is 13.1. The molecule has 1 fully saturated rings. The molecule has 0 bridgehead atoms. The number of nitrogens with one attached hydrogen (secondary N) is 2. The number of halogens is 6. The number of carbonyl (C=O) groups is 1. The first-order valence-corrected chi connectivity index (χ1v) is 11.3. The first kappa shape index (κ1) is 28.1. The van der Waals surface area contributed by atoms with Gasteiger partial charge in [-0.05, 0) is 19.8 Å². The van der Waals surface area contributed by atoms with Crippen molar-refractivity contribution in [2.45, 2.75) is 38.2 Å². The number of aromatic nitrogens is 4. The van der Waals surface area contributed by atoms with Crippen molar-refractivity contribution in [1.29, 1.82) is 0 Å². The molecule has 2 aromatic rings. The highest BCUT2D eigenvalue weighted by atomic mass is 19.4. The van der Waals surface area contributed by atoms with Crippen LogP contribution in [0.4, 0.5) is 38.0 Å². The minimum atomic E-state index is -4.87. The molecule has 10 nitrogen and oxygen atoms in total. The van der Waals surface area contributed by atoms with Crippen LogP contribution >= 0.6 is 0 Å². The van der Waals surface area contributed by atoms with E-state index < -0.39 is 34.7 Å². The van der Waals surface area contributed by atoms with E-state index in [-0.39, 0.29) is 37.7 Å². The first-order valence-electron chi connectivity index (χ1n) is 11.3. The number of nitrogens with zero attached hydrogens (tertiary/aromatic N) is 5. The lowest BCUT2D eigenvalue weighted by Crippen LogP contribution is -2.48. The summed E-state index contributed by atoms with van der Waals surface area (Å²) in [6.45, 7) is 2.58. The molecule has 0 radical (unpaired) electrons. The van der Waals surface area contributed by atoms with Crippen molar-refractivity contribution >= 4 is 17.5 Å². The van der Waals surface area contributed by atoms with Gasteiger partial charge in [-0.15, -0.1) is 0 Å². The SMILES string of the molecule is CCN(C(=O)COCCNc1cn[nH]c(=O)c1C(F)(F)F)C1CCN(c2ncc(C(F)(F)F)cn2)CC1. The molecule has 0 unspecified atom stereocenters. The molecule has 2 N–H and O–H groups in total. The number of ether oxygens (including phenoxy) is 1. The molecule has 0 aliphatic carbocycles. The lowest BCUT2D eigenvalue weighted by Gasteiger charge is -2.38. The number of alkyl halides is 6. The van der Waals surface area contributed by atoms with Crippen molar-refractivity contribution in [3.05, 3.63) is 40.1 Å². The van der Waals surface area contributed by atoms with Crippen molar-refractivity contribution in [3.8, 4) is 0 Å². The van der Waals surface area contributed by atoms with Crippen LogP contribution < -0.4 is 15.8 Å². The quantitative estimate of drug-likeness (QED) is 0.371. The van der Waals surface area contributed by atoms with Crippen molar-refractivity contribution in [3.63, 3.8) is 0 Å². The van der Waals surface area contributed by atoms with Crippen molar-refractivity contribution in [2.24, 2.45) is 0 Å². The molecule has 204 valence electrons. The Balaban J connectivity index is 1.45. The standard InChI is InChI=1S/C21H25F6N7O3/c1-2-34(14-3-6-33(7-4-14)19-29-9-13(10-30-19)20(22,23)24)16(35)12-37-8-5-28-15-11-31-32-18(36)17(15)21(25,26)27/h9-11,14H,2-8,12H2,1H3,(H2,28,32,36). The number of anilines is 2. The largest absolute Gasteiger partial charge is 0.423 e. The Kier molecular flexibility index (Phi) is 8.94. The van der Waals surface area contributed by atoms with Crippen molar-refractivity contribution in [2.75, 3.05) is 49.6 Å². The molecule has 1 aliphatic rings. The van der Waals surface area contributed by atoms with E-state index >= 15 is 0 Å². The van der Waals surface area contributed by atoms with Gasteiger partial charge in [-0.2, -0.15) is 31.4 Å². The van der Waals surface area contributed by atoms with Gasteiger partial charge in [0.05, 0.1) is 24.1 Å². The van der Waals surface area contributed by atoms with Crippen LogP contribution in [0.1, 0.15) is 30.9 Å². The molecule has 1 aliphatic heterocycles. The van der Waals surface area contributed by atoms with E-state index in [9.17, 15) is 35.9 Å². The summed E-state index contributed by atoms with van der Waals surface area (Å²) in [5.41, 5.74) is -4.20. The van der Waals surface area contributed by atoms with Gasteiger partial charge in [-0.25, -0.2) is 15.1 Å². The van der Waals surface area contributed by atoms with E-state index in [2.05, 4.69) is 20.4 Å². The third kappa shape index (κ3) is 7.30. The van der Waals surface area contributed by atoms with Crippen LogP contribution in [-0.2, 0) is 21.9 Å². The lowest BCUT2D eigenvalue weighted by molar-refractivity contribution is -0.139. The number of amides is 1. The lowest BCUT2D eigenvalue weighted by atomic mass is 10.0. The number of likely N-dealkylation sites (N-methyl/N-ethyl adjacent to an activating group) is 1. The minimum absolute atomic E-state index is 0.0981. The number of rotatable bonds is 9. The van der Waals surface area contributed by atoms with Crippen LogP contribution in [0.15, 0.2) is 23.4 Å². The monoisotopic (exact) mass is 537 g/mol. The van der Waals surface area contributed by atoms with Gasteiger partial charge in [0, 0.05) is 44.6 Å².